The SMILES string of the molecule is CC#CNC(=O)C(CC(C)C(=O)O)CC(CC(C)(CC)C(=O)OC)C(=O)OC. The highest BCUT2D eigenvalue weighted by molar-refractivity contribution is 5.83. The maximum atomic E-state index is 12.5. The maximum absolute atomic E-state index is 12.5. The van der Waals surface area contributed by atoms with Gasteiger partial charge in [0.15, 0.2) is 0 Å². The molecule has 0 saturated heterocycles. The van der Waals surface area contributed by atoms with Gasteiger partial charge in [-0.05, 0) is 39.5 Å². The molecule has 4 atom stereocenters. The van der Waals surface area contributed by atoms with Gasteiger partial charge in [0.1, 0.15) is 0 Å². The van der Waals surface area contributed by atoms with E-state index in [1.54, 1.807) is 20.8 Å². The van der Waals surface area contributed by atoms with Crippen LogP contribution in [0, 0.1) is 35.1 Å². The molecule has 8 heteroatoms. The van der Waals surface area contributed by atoms with Crippen LogP contribution < -0.4 is 5.32 Å². The summed E-state index contributed by atoms with van der Waals surface area (Å²) in [5, 5.41) is 11.6. The highest BCUT2D eigenvalue weighted by Crippen LogP contribution is 2.35. The summed E-state index contributed by atoms with van der Waals surface area (Å²) in [6.45, 7) is 6.53. The number of esters is 2. The molecule has 1 amide bonds. The van der Waals surface area contributed by atoms with E-state index in [9.17, 15) is 24.3 Å². The molecule has 158 valence electrons. The standard InChI is InChI=1S/C20H31NO7/c1-7-9-21-16(22)14(10-13(3)17(23)24)11-15(18(25)27-5)12-20(4,8-2)19(26)28-6/h13-15H,8,10-12H2,1-6H3,(H,21,22)(H,23,24). The second-order valence-corrected chi connectivity index (χ2v) is 7.10. The second kappa shape index (κ2) is 12.0. The van der Waals surface area contributed by atoms with E-state index in [1.807, 2.05) is 0 Å². The van der Waals surface area contributed by atoms with Crippen molar-refractivity contribution in [1.82, 2.24) is 5.32 Å². The van der Waals surface area contributed by atoms with E-state index >= 15 is 0 Å². The summed E-state index contributed by atoms with van der Waals surface area (Å²) >= 11 is 0. The number of hydrogen-bond donors (Lipinski definition) is 2. The first kappa shape index (κ1) is 25.4. The number of nitrogens with one attached hydrogen (secondary N) is 1. The third-order valence-corrected chi connectivity index (χ3v) is 5.00. The molecule has 0 aromatic carbocycles. The van der Waals surface area contributed by atoms with E-state index < -0.39 is 47.0 Å². The van der Waals surface area contributed by atoms with Crippen molar-refractivity contribution in [3.8, 4) is 12.0 Å². The lowest BCUT2D eigenvalue weighted by Gasteiger charge is -2.30. The zero-order chi connectivity index (χ0) is 21.9. The molecular weight excluding hydrogens is 366 g/mol. The van der Waals surface area contributed by atoms with Crippen LogP contribution in [0.15, 0.2) is 0 Å². The summed E-state index contributed by atoms with van der Waals surface area (Å²) in [6, 6.07) is 2.45. The maximum Gasteiger partial charge on any atom is 0.311 e. The largest absolute Gasteiger partial charge is 0.481 e. The molecule has 0 aromatic rings. The van der Waals surface area contributed by atoms with E-state index in [4.69, 9.17) is 9.47 Å². The van der Waals surface area contributed by atoms with Gasteiger partial charge in [-0.2, -0.15) is 0 Å². The van der Waals surface area contributed by atoms with Crippen LogP contribution in [0.4, 0.5) is 0 Å². The monoisotopic (exact) mass is 397 g/mol. The molecule has 2 N–H and O–H groups in total. The van der Waals surface area contributed by atoms with Gasteiger partial charge in [0.05, 0.1) is 31.5 Å². The van der Waals surface area contributed by atoms with E-state index in [-0.39, 0.29) is 19.3 Å². The number of carboxylic acids is 1. The van der Waals surface area contributed by atoms with Gasteiger partial charge in [-0.25, -0.2) is 0 Å². The van der Waals surface area contributed by atoms with Crippen LogP contribution in [0.1, 0.15) is 53.4 Å². The number of carbonyl (C=O) groups is 4. The van der Waals surface area contributed by atoms with Crippen molar-refractivity contribution in [2.24, 2.45) is 23.2 Å². The van der Waals surface area contributed by atoms with Crippen molar-refractivity contribution in [3.05, 3.63) is 0 Å². The van der Waals surface area contributed by atoms with Crippen LogP contribution in [0.25, 0.3) is 0 Å². The Morgan fingerprint density at radius 1 is 1.11 bits per heavy atom. The molecule has 0 fully saturated rings. The summed E-state index contributed by atoms with van der Waals surface area (Å²) < 4.78 is 9.72. The van der Waals surface area contributed by atoms with Crippen LogP contribution in [-0.2, 0) is 28.7 Å². The van der Waals surface area contributed by atoms with Crippen LogP contribution in [0.5, 0.6) is 0 Å². The van der Waals surface area contributed by atoms with Crippen LogP contribution in [0.3, 0.4) is 0 Å². The molecular formula is C20H31NO7. The van der Waals surface area contributed by atoms with Crippen molar-refractivity contribution in [2.45, 2.75) is 53.4 Å². The van der Waals surface area contributed by atoms with Gasteiger partial charge in [0.2, 0.25) is 5.91 Å². The van der Waals surface area contributed by atoms with E-state index in [2.05, 4.69) is 17.3 Å². The number of hydrogen-bond acceptors (Lipinski definition) is 6. The van der Waals surface area contributed by atoms with Gasteiger partial charge >= 0.3 is 17.9 Å². The Hall–Kier alpha value is -2.56. The van der Waals surface area contributed by atoms with Gasteiger partial charge < -0.3 is 14.6 Å². The minimum Gasteiger partial charge on any atom is -0.481 e. The highest BCUT2D eigenvalue weighted by Gasteiger charge is 2.40. The Balaban J connectivity index is 5.71. The van der Waals surface area contributed by atoms with Crippen LogP contribution in [-0.4, -0.2) is 43.1 Å². The van der Waals surface area contributed by atoms with Gasteiger partial charge in [0, 0.05) is 12.0 Å². The number of aliphatic carboxylic acids is 1. The first-order valence-electron chi connectivity index (χ1n) is 9.16. The molecule has 8 nitrogen and oxygen atoms in total. The molecule has 0 bridgehead atoms. The van der Waals surface area contributed by atoms with E-state index in [1.165, 1.54) is 21.1 Å². The summed E-state index contributed by atoms with van der Waals surface area (Å²) in [5.41, 5.74) is -0.934. The zero-order valence-electron chi connectivity index (χ0n) is 17.5. The molecule has 0 aromatic heterocycles. The Bertz CT molecular complexity index is 634. The first-order valence-corrected chi connectivity index (χ1v) is 9.16. The molecule has 28 heavy (non-hydrogen) atoms. The normalized spacial score (nSPS) is 15.6. The minimum atomic E-state index is -1.04. The molecule has 0 aliphatic rings. The Morgan fingerprint density at radius 3 is 2.14 bits per heavy atom. The van der Waals surface area contributed by atoms with Gasteiger partial charge in [-0.3, -0.25) is 24.5 Å². The summed E-state index contributed by atoms with van der Waals surface area (Å²) in [4.78, 5) is 48.3. The Labute approximate surface area is 166 Å². The average molecular weight is 397 g/mol. The van der Waals surface area contributed by atoms with E-state index in [0.29, 0.717) is 6.42 Å². The van der Waals surface area contributed by atoms with Crippen molar-refractivity contribution in [2.75, 3.05) is 14.2 Å². The van der Waals surface area contributed by atoms with Gasteiger partial charge in [0.25, 0.3) is 0 Å². The fraction of sp³-hybridized carbons (Fsp3) is 0.700. The average Bonchev–Trinajstić information content (AvgIpc) is 2.68. The number of ether oxygens (including phenoxy) is 2. The lowest BCUT2D eigenvalue weighted by Crippen LogP contribution is -2.37. The van der Waals surface area contributed by atoms with Crippen molar-refractivity contribution >= 4 is 23.8 Å². The summed E-state index contributed by atoms with van der Waals surface area (Å²) in [6.07, 6.45) is 0.611. The zero-order valence-corrected chi connectivity index (χ0v) is 17.5. The van der Waals surface area contributed by atoms with Crippen molar-refractivity contribution < 1.29 is 33.8 Å². The number of carboxylic acid groups (broad SMARTS) is 1. The molecule has 0 rings (SSSR count). The molecule has 0 aliphatic heterocycles. The lowest BCUT2D eigenvalue weighted by molar-refractivity contribution is -0.156. The molecule has 0 heterocycles. The number of carbonyl (C=O) groups excluding carboxylic acids is 3. The van der Waals surface area contributed by atoms with Gasteiger partial charge in [-0.15, -0.1) is 0 Å². The minimum absolute atomic E-state index is 0.0289. The van der Waals surface area contributed by atoms with Crippen LogP contribution in [0.2, 0.25) is 0 Å². The quantitative estimate of drug-likeness (QED) is 0.311. The van der Waals surface area contributed by atoms with Gasteiger partial charge in [-0.1, -0.05) is 19.8 Å². The lowest BCUT2D eigenvalue weighted by atomic mass is 9.75. The molecule has 0 spiro atoms. The van der Waals surface area contributed by atoms with Crippen molar-refractivity contribution in [3.63, 3.8) is 0 Å². The fourth-order valence-corrected chi connectivity index (χ4v) is 3.00. The fourth-order valence-electron chi connectivity index (χ4n) is 3.00. The predicted molar refractivity (Wildman–Crippen MR) is 102 cm³/mol. The number of amides is 1. The molecule has 0 saturated carbocycles. The van der Waals surface area contributed by atoms with Crippen molar-refractivity contribution in [1.29, 1.82) is 0 Å². The third-order valence-electron chi connectivity index (χ3n) is 5.00. The molecule has 0 aliphatic carbocycles. The summed E-state index contributed by atoms with van der Waals surface area (Å²) in [7, 11) is 2.51. The molecule has 0 radical (unpaired) electrons. The van der Waals surface area contributed by atoms with Crippen LogP contribution >= 0.6 is 0 Å². The smallest absolute Gasteiger partial charge is 0.311 e. The Kier molecular flexibility index (Phi) is 10.9. The Morgan fingerprint density at radius 2 is 1.71 bits per heavy atom. The topological polar surface area (TPSA) is 119 Å². The number of methoxy groups -OCH3 is 2. The predicted octanol–water partition coefficient (Wildman–Crippen LogP) is 1.97. The summed E-state index contributed by atoms with van der Waals surface area (Å²) in [5.74, 6) is -2.34. The third kappa shape index (κ3) is 7.59. The number of rotatable bonds is 11. The second-order valence-electron chi connectivity index (χ2n) is 7.10. The van der Waals surface area contributed by atoms with E-state index in [0.717, 1.165) is 0 Å². The first-order chi connectivity index (χ1) is 13.1. The molecule has 4 unspecified atom stereocenters. The highest BCUT2D eigenvalue weighted by atomic mass is 16.5.